The number of aliphatic hydroxyl groups excluding tert-OH is 3. The topological polar surface area (TPSA) is 120 Å². The number of rotatable bonds is 16. The largest absolute Gasteiger partial charge is 0.491 e. The van der Waals surface area contributed by atoms with E-state index < -0.39 is 69.2 Å². The van der Waals surface area contributed by atoms with Crippen LogP contribution in [0.5, 0.6) is 0 Å². The Morgan fingerprint density at radius 2 is 1.02 bits per heavy atom. The minimum absolute atomic E-state index is 0.116. The summed E-state index contributed by atoms with van der Waals surface area (Å²) in [4.78, 5) is 0. The van der Waals surface area contributed by atoms with Crippen molar-refractivity contribution in [3.8, 4) is 0 Å². The van der Waals surface area contributed by atoms with Crippen LogP contribution < -0.4 is 16.4 Å². The zero-order valence-electron chi connectivity index (χ0n) is 25.6. The fourth-order valence-electron chi connectivity index (χ4n) is 5.84. The second kappa shape index (κ2) is 15.6. The van der Waals surface area contributed by atoms with Crippen LogP contribution in [-0.4, -0.2) is 57.3 Å². The highest BCUT2D eigenvalue weighted by atomic mass is 19.1. The van der Waals surface area contributed by atoms with Gasteiger partial charge in [-0.2, -0.15) is 0 Å². The molecule has 13 heteroatoms. The molecule has 7 nitrogen and oxygen atoms in total. The van der Waals surface area contributed by atoms with Crippen molar-refractivity contribution >= 4 is 37.3 Å². The van der Waals surface area contributed by atoms with Crippen LogP contribution in [0.1, 0.15) is 70.1 Å². The monoisotopic (exact) mass is 614 g/mol. The maximum absolute atomic E-state index is 14.3. The molecule has 0 aliphatic carbocycles. The third-order valence-electron chi connectivity index (χ3n) is 8.06. The molecule has 0 aliphatic rings. The minimum atomic E-state index is -1.65. The van der Waals surface area contributed by atoms with Gasteiger partial charge in [0.1, 0.15) is 17.5 Å². The molecule has 3 rings (SSSR count). The molecule has 2 unspecified atom stereocenters. The van der Waals surface area contributed by atoms with Gasteiger partial charge in [-0.3, -0.25) is 0 Å². The van der Waals surface area contributed by atoms with Crippen LogP contribution in [0.2, 0.25) is 0 Å². The molecule has 0 amide bonds. The first-order chi connectivity index (χ1) is 20.9. The van der Waals surface area contributed by atoms with Gasteiger partial charge in [0, 0.05) is 0 Å². The van der Waals surface area contributed by atoms with Crippen LogP contribution in [0, 0.1) is 17.5 Å². The molecular formula is C31H40B3F3O7. The van der Waals surface area contributed by atoms with Crippen LogP contribution in [0.4, 0.5) is 13.2 Å². The fraction of sp³-hybridized carbons (Fsp3) is 0.419. The molecule has 44 heavy (non-hydrogen) atoms. The van der Waals surface area contributed by atoms with Gasteiger partial charge in [-0.25, -0.2) is 13.2 Å². The summed E-state index contributed by atoms with van der Waals surface area (Å²) in [5.41, 5.74) is -1.60. The lowest BCUT2D eigenvalue weighted by Crippen LogP contribution is -2.66. The highest BCUT2D eigenvalue weighted by Gasteiger charge is 2.51. The predicted molar refractivity (Wildman–Crippen MR) is 166 cm³/mol. The van der Waals surface area contributed by atoms with Crippen LogP contribution in [0.25, 0.3) is 0 Å². The first-order valence-corrected chi connectivity index (χ1v) is 14.8. The van der Waals surface area contributed by atoms with Gasteiger partial charge in [0.15, 0.2) is 0 Å². The zero-order valence-corrected chi connectivity index (χ0v) is 25.6. The Balaban J connectivity index is 2.20. The van der Waals surface area contributed by atoms with E-state index in [0.717, 1.165) is 24.3 Å². The highest BCUT2D eigenvalue weighted by Crippen LogP contribution is 2.31. The van der Waals surface area contributed by atoms with Gasteiger partial charge in [0.05, 0.1) is 30.8 Å². The summed E-state index contributed by atoms with van der Waals surface area (Å²) in [5, 5.41) is 53.1. The Kier molecular flexibility index (Phi) is 12.7. The molecule has 0 fully saturated rings. The molecule has 5 N–H and O–H groups in total. The molecule has 0 saturated heterocycles. The summed E-state index contributed by atoms with van der Waals surface area (Å²) in [6.07, 6.45) is 1.60. The Labute approximate surface area is 258 Å². The number of hydrogen-bond acceptors (Lipinski definition) is 7. The lowest BCUT2D eigenvalue weighted by Gasteiger charge is -2.43. The first kappa shape index (κ1) is 35.8. The molecular weight excluding hydrogens is 574 g/mol. The number of halogens is 3. The third-order valence-corrected chi connectivity index (χ3v) is 8.06. The maximum atomic E-state index is 14.3. The lowest BCUT2D eigenvalue weighted by molar-refractivity contribution is 0.0758. The van der Waals surface area contributed by atoms with Gasteiger partial charge in [0.2, 0.25) is 0 Å². The van der Waals surface area contributed by atoms with Gasteiger partial charge in [-0.05, 0) is 96.2 Å². The normalized spacial score (nSPS) is 14.2. The summed E-state index contributed by atoms with van der Waals surface area (Å²) >= 11 is 0. The van der Waals surface area contributed by atoms with Crippen molar-refractivity contribution in [3.63, 3.8) is 0 Å². The molecule has 0 radical (unpaired) electrons. The maximum Gasteiger partial charge on any atom is 0.491 e. The van der Waals surface area contributed by atoms with Crippen molar-refractivity contribution in [1.29, 1.82) is 0 Å². The highest BCUT2D eigenvalue weighted by molar-refractivity contribution is 6.75. The van der Waals surface area contributed by atoms with Crippen LogP contribution in [-0.2, 0) is 29.1 Å². The van der Waals surface area contributed by atoms with Gasteiger partial charge in [0.25, 0.3) is 0 Å². The average Bonchev–Trinajstić information content (AvgIpc) is 2.99. The fourth-order valence-corrected chi connectivity index (χ4v) is 5.84. The molecule has 0 spiro atoms. The van der Waals surface area contributed by atoms with Gasteiger partial charge < -0.3 is 34.7 Å². The molecule has 0 aromatic heterocycles. The van der Waals surface area contributed by atoms with E-state index in [0.29, 0.717) is 18.3 Å². The van der Waals surface area contributed by atoms with Crippen molar-refractivity contribution < 1.29 is 47.8 Å². The van der Waals surface area contributed by atoms with Crippen LogP contribution in [0.3, 0.4) is 0 Å². The summed E-state index contributed by atoms with van der Waals surface area (Å²) in [6.45, 7) is 2.94. The quantitative estimate of drug-likeness (QED) is 0.157. The van der Waals surface area contributed by atoms with E-state index in [1.165, 1.54) is 30.3 Å². The molecule has 3 aromatic carbocycles. The van der Waals surface area contributed by atoms with E-state index in [1.807, 2.05) is 13.8 Å². The standard InChI is InChI=1S/C31H40B3F3O7/c1-5-13-30(3,32(41)27-10-7-24(35)15-21(27)18-38)43-33(28-11-8-25(36)16-22(28)19-39)31(4,14-6-2)44-34(42)29-12-9-26(37)17-23(29)20-40/h7-12,15-17,38-42H,5-6,13-14,18-20H2,1-4H3. The van der Waals surface area contributed by atoms with Crippen LogP contribution in [0.15, 0.2) is 54.6 Å². The average molecular weight is 614 g/mol. The van der Waals surface area contributed by atoms with E-state index in [-0.39, 0.29) is 40.5 Å². The van der Waals surface area contributed by atoms with Crippen molar-refractivity contribution in [2.75, 3.05) is 0 Å². The number of hydrogen-bond donors (Lipinski definition) is 5. The zero-order chi connectivity index (χ0) is 32.7. The second-order valence-corrected chi connectivity index (χ2v) is 11.5. The summed E-state index contributed by atoms with van der Waals surface area (Å²) in [5.74, 6) is -1.78. The SMILES string of the molecule is CCCC(C)(OB(c1ccc(F)cc1CO)C(C)(CCC)OB(O)c1ccc(F)cc1CO)B(O)c1ccc(F)cc1CO. The van der Waals surface area contributed by atoms with Crippen molar-refractivity contribution in [2.24, 2.45) is 0 Å². The Morgan fingerprint density at radius 1 is 0.614 bits per heavy atom. The minimum Gasteiger partial charge on any atom is -0.445 e. The second-order valence-electron chi connectivity index (χ2n) is 11.5. The first-order valence-electron chi connectivity index (χ1n) is 14.8. The predicted octanol–water partition coefficient (Wildman–Crippen LogP) is 2.29. The van der Waals surface area contributed by atoms with E-state index in [2.05, 4.69) is 0 Å². The van der Waals surface area contributed by atoms with E-state index in [9.17, 15) is 38.5 Å². The lowest BCUT2D eigenvalue weighted by atomic mass is 9.41. The van der Waals surface area contributed by atoms with Gasteiger partial charge in [-0.1, -0.05) is 44.9 Å². The van der Waals surface area contributed by atoms with Crippen molar-refractivity contribution in [2.45, 2.75) is 84.2 Å². The van der Waals surface area contributed by atoms with E-state index in [1.54, 1.807) is 13.8 Å². The summed E-state index contributed by atoms with van der Waals surface area (Å²) < 4.78 is 55.4. The molecule has 236 valence electrons. The molecule has 0 aliphatic heterocycles. The van der Waals surface area contributed by atoms with Crippen molar-refractivity contribution in [1.82, 2.24) is 0 Å². The molecule has 0 bridgehead atoms. The van der Waals surface area contributed by atoms with Crippen LogP contribution >= 0.6 is 0 Å². The van der Waals surface area contributed by atoms with E-state index >= 15 is 0 Å². The Hall–Kier alpha value is -2.64. The molecule has 2 atom stereocenters. The molecule has 3 aromatic rings. The van der Waals surface area contributed by atoms with Gasteiger partial charge >= 0.3 is 20.9 Å². The summed E-state index contributed by atoms with van der Waals surface area (Å²) in [6, 6.07) is 11.0. The van der Waals surface area contributed by atoms with Crippen molar-refractivity contribution in [3.05, 3.63) is 88.7 Å². The van der Waals surface area contributed by atoms with Gasteiger partial charge in [-0.15, -0.1) is 0 Å². The smallest absolute Gasteiger partial charge is 0.445 e. The van der Waals surface area contributed by atoms with E-state index in [4.69, 9.17) is 9.31 Å². The Morgan fingerprint density at radius 3 is 1.50 bits per heavy atom. The number of aliphatic hydroxyl groups is 3. The molecule has 0 saturated carbocycles. The molecule has 0 heterocycles. The number of benzene rings is 3. The Bertz CT molecular complexity index is 1400. The summed E-state index contributed by atoms with van der Waals surface area (Å²) in [7, 11) is -1.65. The third kappa shape index (κ3) is 8.14.